The molecule has 3 N–H and O–H groups in total. The Morgan fingerprint density at radius 1 is 1.31 bits per heavy atom. The number of alkyl halides is 2. The number of hydrogen-bond acceptors (Lipinski definition) is 2. The summed E-state index contributed by atoms with van der Waals surface area (Å²) >= 11 is 0. The lowest BCUT2D eigenvalue weighted by Gasteiger charge is -2.11. The predicted octanol–water partition coefficient (Wildman–Crippen LogP) is 0.969. The van der Waals surface area contributed by atoms with Gasteiger partial charge in [0.25, 0.3) is 5.91 Å². The second kappa shape index (κ2) is 3.01. The third-order valence-corrected chi connectivity index (χ3v) is 1.54. The third-order valence-electron chi connectivity index (χ3n) is 1.54. The molecule has 0 aliphatic heterocycles. The molecule has 13 heavy (non-hydrogen) atoms. The van der Waals surface area contributed by atoms with Crippen LogP contribution in [0.5, 0.6) is 5.75 Å². The maximum absolute atomic E-state index is 12.9. The molecule has 1 aromatic rings. The fourth-order valence-corrected chi connectivity index (χ4v) is 0.813. The average Bonchev–Trinajstić information content (AvgIpc) is 2.04. The lowest BCUT2D eigenvalue weighted by atomic mass is 10.1. The van der Waals surface area contributed by atoms with Crippen molar-refractivity contribution in [2.24, 2.45) is 5.73 Å². The van der Waals surface area contributed by atoms with Crippen LogP contribution >= 0.6 is 0 Å². The molecule has 0 atom stereocenters. The van der Waals surface area contributed by atoms with E-state index in [2.05, 4.69) is 5.73 Å². The van der Waals surface area contributed by atoms with Crippen molar-refractivity contribution in [2.75, 3.05) is 0 Å². The number of carbonyl (C=O) groups excluding carboxylic acids is 1. The number of aromatic hydroxyl groups is 1. The van der Waals surface area contributed by atoms with E-state index in [4.69, 9.17) is 5.11 Å². The standard InChI is InChI=1S/C8H7F2NO2/c9-8(10,7(11)13)5-1-3-6(12)4-2-5/h1-4,12H,(H2,11,13). The van der Waals surface area contributed by atoms with Crippen molar-refractivity contribution in [1.82, 2.24) is 0 Å². The van der Waals surface area contributed by atoms with Crippen LogP contribution in [0.2, 0.25) is 0 Å². The summed E-state index contributed by atoms with van der Waals surface area (Å²) in [6, 6.07) is 4.01. The molecule has 0 radical (unpaired) electrons. The third kappa shape index (κ3) is 1.74. The van der Waals surface area contributed by atoms with Gasteiger partial charge in [-0.3, -0.25) is 4.79 Å². The van der Waals surface area contributed by atoms with E-state index in [-0.39, 0.29) is 5.75 Å². The van der Waals surface area contributed by atoms with Gasteiger partial charge in [0, 0.05) is 5.56 Å². The molecule has 1 rings (SSSR count). The minimum Gasteiger partial charge on any atom is -0.508 e. The molecule has 0 aromatic heterocycles. The lowest BCUT2D eigenvalue weighted by Crippen LogP contribution is -2.32. The molecule has 0 spiro atoms. The highest BCUT2D eigenvalue weighted by Gasteiger charge is 2.38. The molecule has 0 aliphatic carbocycles. The van der Waals surface area contributed by atoms with E-state index in [0.29, 0.717) is 0 Å². The molecule has 0 unspecified atom stereocenters. The Hall–Kier alpha value is -1.65. The molecule has 0 heterocycles. The Labute approximate surface area is 72.8 Å². The molecule has 5 heteroatoms. The summed E-state index contributed by atoms with van der Waals surface area (Å²) in [7, 11) is 0. The van der Waals surface area contributed by atoms with Gasteiger partial charge < -0.3 is 10.8 Å². The Morgan fingerprint density at radius 2 is 1.77 bits per heavy atom. The van der Waals surface area contributed by atoms with Crippen LogP contribution in [0.1, 0.15) is 5.56 Å². The number of rotatable bonds is 2. The topological polar surface area (TPSA) is 63.3 Å². The molecule has 70 valence electrons. The summed E-state index contributed by atoms with van der Waals surface area (Å²) in [6.45, 7) is 0. The van der Waals surface area contributed by atoms with Crippen molar-refractivity contribution < 1.29 is 18.7 Å². The maximum Gasteiger partial charge on any atom is 0.349 e. The van der Waals surface area contributed by atoms with Gasteiger partial charge in [-0.25, -0.2) is 0 Å². The van der Waals surface area contributed by atoms with Crippen LogP contribution in [0.4, 0.5) is 8.78 Å². The number of nitrogens with two attached hydrogens (primary N) is 1. The van der Waals surface area contributed by atoms with Crippen LogP contribution in [0.25, 0.3) is 0 Å². The van der Waals surface area contributed by atoms with Gasteiger partial charge in [-0.1, -0.05) is 0 Å². The van der Waals surface area contributed by atoms with E-state index in [1.165, 1.54) is 0 Å². The molecular formula is C8H7F2NO2. The molecule has 1 amide bonds. The van der Waals surface area contributed by atoms with Gasteiger partial charge in [-0.2, -0.15) is 8.78 Å². The Bertz CT molecular complexity index is 321. The highest BCUT2D eigenvalue weighted by atomic mass is 19.3. The normalized spacial score (nSPS) is 11.2. The maximum atomic E-state index is 12.9. The highest BCUT2D eigenvalue weighted by molar-refractivity contribution is 5.83. The van der Waals surface area contributed by atoms with Gasteiger partial charge in [0.1, 0.15) is 5.75 Å². The van der Waals surface area contributed by atoms with Crippen molar-refractivity contribution in [3.63, 3.8) is 0 Å². The zero-order chi connectivity index (χ0) is 10.1. The van der Waals surface area contributed by atoms with E-state index in [0.717, 1.165) is 24.3 Å². The number of carbonyl (C=O) groups is 1. The minimum atomic E-state index is -3.69. The minimum absolute atomic E-state index is 0.149. The zero-order valence-corrected chi connectivity index (χ0v) is 6.50. The quantitative estimate of drug-likeness (QED) is 0.724. The Kier molecular flexibility index (Phi) is 2.18. The van der Waals surface area contributed by atoms with Crippen LogP contribution in [0.15, 0.2) is 24.3 Å². The molecule has 1 aromatic carbocycles. The van der Waals surface area contributed by atoms with Crippen LogP contribution in [0, 0.1) is 0 Å². The number of phenols is 1. The fourth-order valence-electron chi connectivity index (χ4n) is 0.813. The van der Waals surface area contributed by atoms with Gasteiger partial charge in [-0.05, 0) is 24.3 Å². The number of halogens is 2. The molecule has 0 aliphatic rings. The van der Waals surface area contributed by atoms with Gasteiger partial charge in [-0.15, -0.1) is 0 Å². The molecule has 3 nitrogen and oxygen atoms in total. The predicted molar refractivity (Wildman–Crippen MR) is 41.2 cm³/mol. The van der Waals surface area contributed by atoms with Crippen molar-refractivity contribution in [3.05, 3.63) is 29.8 Å². The summed E-state index contributed by atoms with van der Waals surface area (Å²) in [5, 5.41) is 8.80. The number of primary amides is 1. The van der Waals surface area contributed by atoms with Crippen molar-refractivity contribution in [3.8, 4) is 5.75 Å². The summed E-state index contributed by atoms with van der Waals surface area (Å²) in [5.74, 6) is -5.55. The van der Waals surface area contributed by atoms with E-state index in [1.807, 2.05) is 0 Å². The van der Waals surface area contributed by atoms with Crippen LogP contribution in [-0.2, 0) is 10.7 Å². The largest absolute Gasteiger partial charge is 0.508 e. The monoisotopic (exact) mass is 187 g/mol. The van der Waals surface area contributed by atoms with Crippen molar-refractivity contribution in [2.45, 2.75) is 5.92 Å². The number of phenolic OH excluding ortho intramolecular Hbond substituents is 1. The van der Waals surface area contributed by atoms with Crippen LogP contribution in [-0.4, -0.2) is 11.0 Å². The van der Waals surface area contributed by atoms with E-state index in [1.54, 1.807) is 0 Å². The average molecular weight is 187 g/mol. The van der Waals surface area contributed by atoms with E-state index in [9.17, 15) is 13.6 Å². The second-order valence-electron chi connectivity index (χ2n) is 2.49. The van der Waals surface area contributed by atoms with E-state index < -0.39 is 17.4 Å². The first kappa shape index (κ1) is 9.44. The SMILES string of the molecule is NC(=O)C(F)(F)c1ccc(O)cc1. The van der Waals surface area contributed by atoms with Crippen molar-refractivity contribution in [1.29, 1.82) is 0 Å². The molecule has 0 saturated heterocycles. The van der Waals surface area contributed by atoms with Gasteiger partial charge in [0.2, 0.25) is 0 Å². The summed E-state index contributed by atoms with van der Waals surface area (Å²) in [4.78, 5) is 10.3. The Balaban J connectivity index is 3.08. The van der Waals surface area contributed by atoms with Crippen LogP contribution < -0.4 is 5.73 Å². The molecule has 0 fully saturated rings. The number of amides is 1. The first-order valence-corrected chi connectivity index (χ1v) is 3.42. The summed E-state index contributed by atoms with van der Waals surface area (Å²) < 4.78 is 25.7. The molecule has 0 saturated carbocycles. The fraction of sp³-hybridized carbons (Fsp3) is 0.125. The molecular weight excluding hydrogens is 180 g/mol. The highest BCUT2D eigenvalue weighted by Crippen LogP contribution is 2.28. The van der Waals surface area contributed by atoms with Gasteiger partial charge >= 0.3 is 5.92 Å². The van der Waals surface area contributed by atoms with Gasteiger partial charge in [0.05, 0.1) is 0 Å². The van der Waals surface area contributed by atoms with Crippen molar-refractivity contribution >= 4 is 5.91 Å². The van der Waals surface area contributed by atoms with Crippen LogP contribution in [0.3, 0.4) is 0 Å². The first-order valence-electron chi connectivity index (χ1n) is 3.42. The summed E-state index contributed by atoms with van der Waals surface area (Å²) in [6.07, 6.45) is 0. The second-order valence-corrected chi connectivity index (χ2v) is 2.49. The number of benzene rings is 1. The smallest absolute Gasteiger partial charge is 0.349 e. The van der Waals surface area contributed by atoms with Gasteiger partial charge in [0.15, 0.2) is 0 Å². The summed E-state index contributed by atoms with van der Waals surface area (Å²) in [5.41, 5.74) is 3.96. The first-order chi connectivity index (χ1) is 5.94. The number of hydrogen-bond donors (Lipinski definition) is 2. The lowest BCUT2D eigenvalue weighted by molar-refractivity contribution is -0.143. The Morgan fingerprint density at radius 3 is 2.15 bits per heavy atom. The van der Waals surface area contributed by atoms with E-state index >= 15 is 0 Å². The molecule has 0 bridgehead atoms. The zero-order valence-electron chi connectivity index (χ0n) is 6.50.